The van der Waals surface area contributed by atoms with Crippen LogP contribution in [0.3, 0.4) is 0 Å². The molecule has 3 fully saturated rings. The maximum absolute atomic E-state index is 13.1. The quantitative estimate of drug-likeness (QED) is 0.734. The molecule has 0 unspecified atom stereocenters. The van der Waals surface area contributed by atoms with Crippen LogP contribution >= 0.6 is 0 Å². The monoisotopic (exact) mass is 394 g/mol. The van der Waals surface area contributed by atoms with E-state index in [9.17, 15) is 4.79 Å². The van der Waals surface area contributed by atoms with Gasteiger partial charge in [0, 0.05) is 30.5 Å². The van der Waals surface area contributed by atoms with E-state index in [0.29, 0.717) is 17.0 Å². The largest absolute Gasteiger partial charge is 0.337 e. The predicted molar refractivity (Wildman–Crippen MR) is 114 cm³/mol. The van der Waals surface area contributed by atoms with Crippen molar-refractivity contribution >= 4 is 11.6 Å². The summed E-state index contributed by atoms with van der Waals surface area (Å²) in [6.07, 6.45) is 12.8. The second kappa shape index (κ2) is 7.41. The Bertz CT molecular complexity index is 895. The first-order chi connectivity index (χ1) is 14.0. The van der Waals surface area contributed by atoms with E-state index in [2.05, 4.69) is 19.9 Å². The highest BCUT2D eigenvalue weighted by Gasteiger charge is 2.47. The molecule has 5 rings (SSSR count). The molecule has 3 aliphatic rings. The molecule has 29 heavy (non-hydrogen) atoms. The first-order valence-corrected chi connectivity index (χ1v) is 11.7. The number of carbonyl (C=O) groups excluding carboxylic acids is 1. The van der Waals surface area contributed by atoms with Gasteiger partial charge >= 0.3 is 0 Å². The van der Waals surface area contributed by atoms with E-state index in [0.717, 1.165) is 49.6 Å². The number of amides is 1. The number of likely N-dealkylation sites (tertiary alicyclic amines) is 1. The number of carbonyl (C=O) groups is 1. The average molecular weight is 395 g/mol. The summed E-state index contributed by atoms with van der Waals surface area (Å²) in [7, 11) is 0. The molecule has 5 nitrogen and oxygen atoms in total. The smallest absolute Gasteiger partial charge is 0.274 e. The summed E-state index contributed by atoms with van der Waals surface area (Å²) in [5.74, 6) is 1.20. The van der Waals surface area contributed by atoms with Crippen LogP contribution in [0.4, 0.5) is 0 Å². The van der Waals surface area contributed by atoms with E-state index in [1.165, 1.54) is 50.6 Å². The Morgan fingerprint density at radius 2 is 1.83 bits per heavy atom. The van der Waals surface area contributed by atoms with Crippen LogP contribution in [-0.2, 0) is 6.42 Å². The standard InChI is InChI=1S/C24H34N4O/c1-17(2)21-13-19(12-18-15-24(16-18)8-7-9-24)25-22-14-20(26-28(21)22)23(29)27-10-5-3-4-6-11-27/h13-14,17-18H,3-12,15-16H2,1-2H3. The summed E-state index contributed by atoms with van der Waals surface area (Å²) >= 11 is 0. The normalized spacial score (nSPS) is 22.0. The minimum atomic E-state index is 0.0691. The fraction of sp³-hybridized carbons (Fsp3) is 0.708. The van der Waals surface area contributed by atoms with Crippen molar-refractivity contribution in [3.05, 3.63) is 29.2 Å². The van der Waals surface area contributed by atoms with E-state index in [1.54, 1.807) is 0 Å². The number of nitrogens with zero attached hydrogens (tertiary/aromatic N) is 4. The first-order valence-electron chi connectivity index (χ1n) is 11.7. The van der Waals surface area contributed by atoms with Crippen molar-refractivity contribution in [1.82, 2.24) is 19.5 Å². The minimum absolute atomic E-state index is 0.0691. The van der Waals surface area contributed by atoms with Gasteiger partial charge in [-0.05, 0) is 68.3 Å². The maximum atomic E-state index is 13.1. The second-order valence-corrected chi connectivity index (χ2v) is 10.2. The molecule has 0 bridgehead atoms. The van der Waals surface area contributed by atoms with Crippen molar-refractivity contribution in [2.24, 2.45) is 11.3 Å². The number of hydrogen-bond donors (Lipinski definition) is 0. The molecular weight excluding hydrogens is 360 g/mol. The predicted octanol–water partition coefficient (Wildman–Crippen LogP) is 4.99. The molecular formula is C24H34N4O. The summed E-state index contributed by atoms with van der Waals surface area (Å²) < 4.78 is 1.91. The summed E-state index contributed by atoms with van der Waals surface area (Å²) in [5, 5.41) is 4.70. The minimum Gasteiger partial charge on any atom is -0.337 e. The van der Waals surface area contributed by atoms with Crippen LogP contribution in [0.25, 0.3) is 5.65 Å². The molecule has 0 N–H and O–H groups in total. The number of hydrogen-bond acceptors (Lipinski definition) is 3. The summed E-state index contributed by atoms with van der Waals surface area (Å²) in [5.41, 5.74) is 4.43. The lowest BCUT2D eigenvalue weighted by atomic mass is 9.51. The molecule has 2 aliphatic carbocycles. The SMILES string of the molecule is CC(C)c1cc(CC2CC3(CCC3)C2)nc2cc(C(=O)N3CCCCCC3)nn12. The highest BCUT2D eigenvalue weighted by molar-refractivity contribution is 5.93. The molecule has 1 spiro atoms. The zero-order valence-electron chi connectivity index (χ0n) is 18.0. The van der Waals surface area contributed by atoms with Crippen molar-refractivity contribution in [3.63, 3.8) is 0 Å². The Labute approximate surface area is 173 Å². The molecule has 0 atom stereocenters. The zero-order chi connectivity index (χ0) is 20.0. The lowest BCUT2D eigenvalue weighted by Gasteiger charge is -2.54. The number of fused-ring (bicyclic) bond motifs is 1. The van der Waals surface area contributed by atoms with Gasteiger partial charge in [-0.15, -0.1) is 0 Å². The van der Waals surface area contributed by atoms with E-state index < -0.39 is 0 Å². The number of rotatable bonds is 4. The molecule has 2 aromatic rings. The van der Waals surface area contributed by atoms with E-state index in [4.69, 9.17) is 10.1 Å². The van der Waals surface area contributed by atoms with Crippen LogP contribution < -0.4 is 0 Å². The Kier molecular flexibility index (Phi) is 4.87. The zero-order valence-corrected chi connectivity index (χ0v) is 18.0. The Morgan fingerprint density at radius 1 is 1.10 bits per heavy atom. The average Bonchev–Trinajstić information content (AvgIpc) is 2.87. The van der Waals surface area contributed by atoms with Crippen LogP contribution in [0.2, 0.25) is 0 Å². The van der Waals surface area contributed by atoms with E-state index >= 15 is 0 Å². The summed E-state index contributed by atoms with van der Waals surface area (Å²) in [4.78, 5) is 20.0. The molecule has 0 radical (unpaired) electrons. The highest BCUT2D eigenvalue weighted by atomic mass is 16.2. The van der Waals surface area contributed by atoms with E-state index in [1.807, 2.05) is 15.5 Å². The lowest BCUT2D eigenvalue weighted by molar-refractivity contribution is -0.0243. The van der Waals surface area contributed by atoms with Gasteiger partial charge in [0.15, 0.2) is 11.3 Å². The van der Waals surface area contributed by atoms with Crippen LogP contribution in [0.15, 0.2) is 12.1 Å². The first kappa shape index (κ1) is 19.1. The van der Waals surface area contributed by atoms with Gasteiger partial charge < -0.3 is 4.90 Å². The van der Waals surface area contributed by atoms with Crippen LogP contribution in [0.1, 0.15) is 99.4 Å². The van der Waals surface area contributed by atoms with Crippen molar-refractivity contribution in [2.45, 2.75) is 84.0 Å². The lowest BCUT2D eigenvalue weighted by Crippen LogP contribution is -2.43. The highest BCUT2D eigenvalue weighted by Crippen LogP contribution is 2.59. The molecule has 156 valence electrons. The summed E-state index contributed by atoms with van der Waals surface area (Å²) in [6.45, 7) is 6.10. The van der Waals surface area contributed by atoms with Crippen LogP contribution in [0, 0.1) is 11.3 Å². The molecule has 3 heterocycles. The molecule has 5 heteroatoms. The molecule has 1 saturated heterocycles. The van der Waals surface area contributed by atoms with Crippen molar-refractivity contribution in [2.75, 3.05) is 13.1 Å². The molecule has 0 aromatic carbocycles. The Balaban J connectivity index is 1.39. The second-order valence-electron chi connectivity index (χ2n) is 10.2. The molecule has 2 saturated carbocycles. The van der Waals surface area contributed by atoms with Gasteiger partial charge in [0.05, 0.1) is 0 Å². The third kappa shape index (κ3) is 3.57. The van der Waals surface area contributed by atoms with Gasteiger partial charge in [0.25, 0.3) is 5.91 Å². The molecule has 1 amide bonds. The third-order valence-corrected chi connectivity index (χ3v) is 7.57. The van der Waals surface area contributed by atoms with Gasteiger partial charge in [0.1, 0.15) is 0 Å². The maximum Gasteiger partial charge on any atom is 0.274 e. The van der Waals surface area contributed by atoms with Gasteiger partial charge in [-0.3, -0.25) is 4.79 Å². The van der Waals surface area contributed by atoms with Crippen molar-refractivity contribution in [3.8, 4) is 0 Å². The number of aromatic nitrogens is 3. The fourth-order valence-corrected chi connectivity index (χ4v) is 5.80. The van der Waals surface area contributed by atoms with Gasteiger partial charge in [0.2, 0.25) is 0 Å². The topological polar surface area (TPSA) is 50.5 Å². The summed E-state index contributed by atoms with van der Waals surface area (Å²) in [6, 6.07) is 4.15. The Hall–Kier alpha value is -1.91. The van der Waals surface area contributed by atoms with E-state index in [-0.39, 0.29) is 5.91 Å². The van der Waals surface area contributed by atoms with Crippen molar-refractivity contribution < 1.29 is 4.79 Å². The van der Waals surface area contributed by atoms with Gasteiger partial charge in [-0.25, -0.2) is 9.50 Å². The molecule has 1 aliphatic heterocycles. The Morgan fingerprint density at radius 3 is 2.45 bits per heavy atom. The van der Waals surface area contributed by atoms with Crippen LogP contribution in [-0.4, -0.2) is 38.5 Å². The van der Waals surface area contributed by atoms with Gasteiger partial charge in [-0.2, -0.15) is 5.10 Å². The fourth-order valence-electron chi connectivity index (χ4n) is 5.80. The molecule has 2 aromatic heterocycles. The van der Waals surface area contributed by atoms with Gasteiger partial charge in [-0.1, -0.05) is 33.1 Å². The van der Waals surface area contributed by atoms with Crippen molar-refractivity contribution in [1.29, 1.82) is 0 Å². The van der Waals surface area contributed by atoms with Crippen LogP contribution in [0.5, 0.6) is 0 Å². The third-order valence-electron chi connectivity index (χ3n) is 7.57.